The van der Waals surface area contributed by atoms with Crippen molar-refractivity contribution in [2.75, 3.05) is 39.4 Å². The predicted octanol–water partition coefficient (Wildman–Crippen LogP) is 2.03. The second-order valence-corrected chi connectivity index (χ2v) is 7.96. The Bertz CT molecular complexity index is 847. The smallest absolute Gasteiger partial charge is 0.291 e. The quantitative estimate of drug-likeness (QED) is 0.423. The van der Waals surface area contributed by atoms with Gasteiger partial charge in [0.25, 0.3) is 5.91 Å². The molecule has 6 nitrogen and oxygen atoms in total. The Morgan fingerprint density at radius 3 is 2.46 bits per heavy atom. The second-order valence-electron chi connectivity index (χ2n) is 6.99. The average molecular weight is 398 g/mol. The van der Waals surface area contributed by atoms with Crippen LogP contribution in [0.25, 0.3) is 0 Å². The number of carbonyl (C=O) groups is 3. The van der Waals surface area contributed by atoms with Crippen molar-refractivity contribution in [3.05, 3.63) is 58.3 Å². The second kappa shape index (κ2) is 8.34. The number of ketones is 2. The van der Waals surface area contributed by atoms with Crippen molar-refractivity contribution in [1.29, 1.82) is 0 Å². The lowest BCUT2D eigenvalue weighted by atomic mass is 9.89. The maximum atomic E-state index is 13.1. The molecule has 0 N–H and O–H groups in total. The van der Waals surface area contributed by atoms with Crippen molar-refractivity contribution >= 4 is 28.8 Å². The average Bonchev–Trinajstić information content (AvgIpc) is 3.35. The maximum Gasteiger partial charge on any atom is 0.291 e. The van der Waals surface area contributed by atoms with Gasteiger partial charge in [-0.05, 0) is 11.4 Å². The number of rotatable bonds is 6. The summed E-state index contributed by atoms with van der Waals surface area (Å²) < 4.78 is 5.37. The number of ether oxygens (including phenoxy) is 1. The third-order valence-corrected chi connectivity index (χ3v) is 6.28. The molecule has 28 heavy (non-hydrogen) atoms. The van der Waals surface area contributed by atoms with E-state index < -0.39 is 23.7 Å². The number of Topliss-reactive ketones (excluding diaryl/α,β-unsaturated/α-hetero) is 2. The topological polar surface area (TPSA) is 66.9 Å². The minimum atomic E-state index is -0.988. The minimum Gasteiger partial charge on any atom is -0.379 e. The molecule has 0 bridgehead atoms. The Kier molecular flexibility index (Phi) is 5.66. The highest BCUT2D eigenvalue weighted by molar-refractivity contribution is 7.10. The third-order valence-electron chi connectivity index (χ3n) is 5.34. The van der Waals surface area contributed by atoms with E-state index in [1.807, 2.05) is 23.6 Å². The normalized spacial score (nSPS) is 23.4. The Hall–Kier alpha value is -2.35. The zero-order valence-corrected chi connectivity index (χ0v) is 16.3. The zero-order valence-electron chi connectivity index (χ0n) is 15.5. The van der Waals surface area contributed by atoms with E-state index >= 15 is 0 Å². The Labute approximate surface area is 167 Å². The fourth-order valence-electron chi connectivity index (χ4n) is 3.86. The third kappa shape index (κ3) is 3.65. The first-order chi connectivity index (χ1) is 13.7. The van der Waals surface area contributed by atoms with Crippen molar-refractivity contribution in [3.63, 3.8) is 0 Å². The summed E-state index contributed by atoms with van der Waals surface area (Å²) in [6, 6.07) is 12.0. The molecular formula is C21H22N2O4S. The molecule has 2 aromatic rings. The molecule has 0 radical (unpaired) electrons. The van der Waals surface area contributed by atoms with Crippen LogP contribution in [0.15, 0.2) is 47.8 Å². The van der Waals surface area contributed by atoms with Gasteiger partial charge in [0.2, 0.25) is 5.78 Å². The fraction of sp³-hybridized carbons (Fsp3) is 0.381. The van der Waals surface area contributed by atoms with Gasteiger partial charge in [0.1, 0.15) is 5.92 Å². The SMILES string of the molecule is O=C1C(=O)N(CCN2CCOCC2)C(c2cccs2)C1C(=O)c1ccccc1. The van der Waals surface area contributed by atoms with Gasteiger partial charge in [-0.15, -0.1) is 11.3 Å². The first kappa shape index (κ1) is 19.0. The van der Waals surface area contributed by atoms with Crippen LogP contribution in [0.5, 0.6) is 0 Å². The van der Waals surface area contributed by atoms with Gasteiger partial charge in [0.15, 0.2) is 5.78 Å². The molecule has 146 valence electrons. The summed E-state index contributed by atoms with van der Waals surface area (Å²) >= 11 is 1.47. The molecule has 4 rings (SSSR count). The lowest BCUT2D eigenvalue weighted by Gasteiger charge is -2.31. The largest absolute Gasteiger partial charge is 0.379 e. The number of likely N-dealkylation sites (tertiary alicyclic amines) is 1. The maximum absolute atomic E-state index is 13.1. The number of benzene rings is 1. The summed E-state index contributed by atoms with van der Waals surface area (Å²) in [7, 11) is 0. The van der Waals surface area contributed by atoms with E-state index in [0.29, 0.717) is 31.9 Å². The molecule has 3 heterocycles. The number of thiophene rings is 1. The minimum absolute atomic E-state index is 0.286. The van der Waals surface area contributed by atoms with E-state index in [1.54, 1.807) is 29.2 Å². The number of amides is 1. The lowest BCUT2D eigenvalue weighted by Crippen LogP contribution is -2.42. The van der Waals surface area contributed by atoms with E-state index in [-0.39, 0.29) is 5.78 Å². The van der Waals surface area contributed by atoms with Crippen LogP contribution in [0.2, 0.25) is 0 Å². The highest BCUT2D eigenvalue weighted by Crippen LogP contribution is 2.39. The van der Waals surface area contributed by atoms with Crippen LogP contribution in [0, 0.1) is 5.92 Å². The molecule has 2 aliphatic rings. The number of hydrogen-bond acceptors (Lipinski definition) is 6. The molecule has 2 fully saturated rings. The van der Waals surface area contributed by atoms with Crippen LogP contribution in [0.4, 0.5) is 0 Å². The number of carbonyl (C=O) groups excluding carboxylic acids is 3. The van der Waals surface area contributed by atoms with E-state index in [2.05, 4.69) is 4.90 Å². The Morgan fingerprint density at radius 2 is 1.79 bits per heavy atom. The molecule has 7 heteroatoms. The van der Waals surface area contributed by atoms with E-state index in [4.69, 9.17) is 4.74 Å². The van der Waals surface area contributed by atoms with Crippen molar-refractivity contribution in [2.45, 2.75) is 6.04 Å². The highest BCUT2D eigenvalue weighted by Gasteiger charge is 2.51. The first-order valence-corrected chi connectivity index (χ1v) is 10.3. The molecule has 2 atom stereocenters. The molecule has 0 spiro atoms. The molecule has 0 saturated carbocycles. The summed E-state index contributed by atoms with van der Waals surface area (Å²) in [4.78, 5) is 43.5. The molecule has 2 aliphatic heterocycles. The van der Waals surface area contributed by atoms with Gasteiger partial charge in [-0.2, -0.15) is 0 Å². The number of nitrogens with zero attached hydrogens (tertiary/aromatic N) is 2. The molecule has 2 saturated heterocycles. The van der Waals surface area contributed by atoms with Crippen LogP contribution < -0.4 is 0 Å². The summed E-state index contributed by atoms with van der Waals surface area (Å²) in [5, 5.41) is 1.91. The molecule has 1 aromatic carbocycles. The highest BCUT2D eigenvalue weighted by atomic mass is 32.1. The molecule has 0 aliphatic carbocycles. The van der Waals surface area contributed by atoms with Crippen molar-refractivity contribution in [3.8, 4) is 0 Å². The lowest BCUT2D eigenvalue weighted by molar-refractivity contribution is -0.141. The monoisotopic (exact) mass is 398 g/mol. The van der Waals surface area contributed by atoms with Gasteiger partial charge in [0.05, 0.1) is 19.3 Å². The summed E-state index contributed by atoms with van der Waals surface area (Å²) in [6.45, 7) is 4.06. The van der Waals surface area contributed by atoms with Crippen LogP contribution in [0.3, 0.4) is 0 Å². The summed E-state index contributed by atoms with van der Waals surface area (Å²) in [5.41, 5.74) is 0.463. The Morgan fingerprint density at radius 1 is 1.04 bits per heavy atom. The first-order valence-electron chi connectivity index (χ1n) is 9.44. The zero-order chi connectivity index (χ0) is 19.5. The van der Waals surface area contributed by atoms with Crippen molar-refractivity contribution in [2.24, 2.45) is 5.92 Å². The van der Waals surface area contributed by atoms with Gasteiger partial charge >= 0.3 is 0 Å². The summed E-state index contributed by atoms with van der Waals surface area (Å²) in [6.07, 6.45) is 0. The molecule has 2 unspecified atom stereocenters. The van der Waals surface area contributed by atoms with Crippen molar-refractivity contribution < 1.29 is 19.1 Å². The molecule has 1 amide bonds. The fourth-order valence-corrected chi connectivity index (χ4v) is 4.73. The standard InChI is InChI=1S/C21H22N2O4S/c24-19(15-5-2-1-3-6-15)17-18(16-7-4-14-28-16)23(21(26)20(17)25)9-8-22-10-12-27-13-11-22/h1-7,14,17-18H,8-13H2. The summed E-state index contributed by atoms with van der Waals surface area (Å²) in [5.74, 6) is -2.43. The molecular weight excluding hydrogens is 376 g/mol. The van der Waals surface area contributed by atoms with Gasteiger partial charge in [-0.1, -0.05) is 36.4 Å². The van der Waals surface area contributed by atoms with Gasteiger partial charge in [0, 0.05) is 36.6 Å². The Balaban J connectivity index is 1.61. The van der Waals surface area contributed by atoms with E-state index in [1.165, 1.54) is 11.3 Å². The van der Waals surface area contributed by atoms with Crippen LogP contribution in [-0.4, -0.2) is 66.7 Å². The van der Waals surface area contributed by atoms with Gasteiger partial charge < -0.3 is 9.64 Å². The number of hydrogen-bond donors (Lipinski definition) is 0. The van der Waals surface area contributed by atoms with Gasteiger partial charge in [-0.3, -0.25) is 19.3 Å². The predicted molar refractivity (Wildman–Crippen MR) is 105 cm³/mol. The van der Waals surface area contributed by atoms with Gasteiger partial charge in [-0.25, -0.2) is 0 Å². The molecule has 1 aromatic heterocycles. The number of morpholine rings is 1. The van der Waals surface area contributed by atoms with Crippen LogP contribution in [-0.2, 0) is 14.3 Å². The van der Waals surface area contributed by atoms with E-state index in [9.17, 15) is 14.4 Å². The van der Waals surface area contributed by atoms with E-state index in [0.717, 1.165) is 18.0 Å². The van der Waals surface area contributed by atoms with Crippen molar-refractivity contribution in [1.82, 2.24) is 9.80 Å². The van der Waals surface area contributed by atoms with Crippen LogP contribution in [0.1, 0.15) is 21.3 Å². The van der Waals surface area contributed by atoms with Crippen LogP contribution >= 0.6 is 11.3 Å².